The zero-order valence-corrected chi connectivity index (χ0v) is 11.1. The van der Waals surface area contributed by atoms with Gasteiger partial charge in [0, 0.05) is 32.9 Å². The van der Waals surface area contributed by atoms with Crippen LogP contribution in [0.5, 0.6) is 0 Å². The molecule has 0 aliphatic carbocycles. The van der Waals surface area contributed by atoms with Crippen LogP contribution < -0.4 is 5.32 Å². The molecule has 104 valence electrons. The van der Waals surface area contributed by atoms with Gasteiger partial charge in [-0.1, -0.05) is 5.16 Å². The van der Waals surface area contributed by atoms with Crippen molar-refractivity contribution in [2.75, 3.05) is 40.6 Å². The van der Waals surface area contributed by atoms with Crippen LogP contribution in [0.25, 0.3) is 0 Å². The SMILES string of the molecule is CNCc1cc(COCCCOCCOC)on1. The summed E-state index contributed by atoms with van der Waals surface area (Å²) in [5, 5.41) is 6.91. The minimum atomic E-state index is 0.453. The minimum Gasteiger partial charge on any atom is -0.382 e. The van der Waals surface area contributed by atoms with Crippen molar-refractivity contribution in [3.63, 3.8) is 0 Å². The summed E-state index contributed by atoms with van der Waals surface area (Å²) in [4.78, 5) is 0. The molecular weight excluding hydrogens is 236 g/mol. The van der Waals surface area contributed by atoms with Crippen LogP contribution in [0.2, 0.25) is 0 Å². The summed E-state index contributed by atoms with van der Waals surface area (Å²) in [5.41, 5.74) is 0.888. The van der Waals surface area contributed by atoms with Gasteiger partial charge in [0.1, 0.15) is 6.61 Å². The fraction of sp³-hybridized carbons (Fsp3) is 0.750. The molecule has 0 amide bonds. The Kier molecular flexibility index (Phi) is 8.41. The smallest absolute Gasteiger partial charge is 0.162 e. The molecule has 0 radical (unpaired) electrons. The van der Waals surface area contributed by atoms with Gasteiger partial charge in [0.05, 0.1) is 18.9 Å². The van der Waals surface area contributed by atoms with E-state index in [-0.39, 0.29) is 0 Å². The Morgan fingerprint density at radius 3 is 2.83 bits per heavy atom. The van der Waals surface area contributed by atoms with Crippen molar-refractivity contribution >= 4 is 0 Å². The number of nitrogens with one attached hydrogen (secondary N) is 1. The normalized spacial score (nSPS) is 11.0. The highest BCUT2D eigenvalue weighted by Crippen LogP contribution is 2.05. The van der Waals surface area contributed by atoms with Gasteiger partial charge in [-0.25, -0.2) is 0 Å². The fourth-order valence-corrected chi connectivity index (χ4v) is 1.37. The van der Waals surface area contributed by atoms with Gasteiger partial charge in [-0.3, -0.25) is 0 Å². The molecule has 0 bridgehead atoms. The first kappa shape index (κ1) is 15.1. The molecule has 0 saturated heterocycles. The molecule has 0 saturated carbocycles. The second-order valence-corrected chi connectivity index (χ2v) is 3.83. The Morgan fingerprint density at radius 2 is 2.06 bits per heavy atom. The van der Waals surface area contributed by atoms with Gasteiger partial charge < -0.3 is 24.1 Å². The van der Waals surface area contributed by atoms with Gasteiger partial charge in [-0.15, -0.1) is 0 Å². The first-order chi connectivity index (χ1) is 8.86. The van der Waals surface area contributed by atoms with Crippen molar-refractivity contribution in [2.45, 2.75) is 19.6 Å². The topological polar surface area (TPSA) is 65.8 Å². The molecule has 1 rings (SSSR count). The lowest BCUT2D eigenvalue weighted by Gasteiger charge is -2.03. The zero-order valence-electron chi connectivity index (χ0n) is 11.1. The van der Waals surface area contributed by atoms with E-state index in [4.69, 9.17) is 18.7 Å². The van der Waals surface area contributed by atoms with E-state index in [1.54, 1.807) is 7.11 Å². The standard InChI is InChI=1S/C12H22N2O4/c1-13-9-11-8-12(18-14-11)10-17-5-3-4-16-7-6-15-2/h8,13H,3-7,9-10H2,1-2H3. The summed E-state index contributed by atoms with van der Waals surface area (Å²) in [6.07, 6.45) is 0.862. The molecule has 0 atom stereocenters. The third kappa shape index (κ3) is 6.70. The van der Waals surface area contributed by atoms with Crippen molar-refractivity contribution in [2.24, 2.45) is 0 Å². The number of hydrogen-bond acceptors (Lipinski definition) is 6. The molecule has 18 heavy (non-hydrogen) atoms. The van der Waals surface area contributed by atoms with E-state index in [0.29, 0.717) is 39.6 Å². The Labute approximate surface area is 108 Å². The number of rotatable bonds is 11. The monoisotopic (exact) mass is 258 g/mol. The second-order valence-electron chi connectivity index (χ2n) is 3.83. The third-order valence-electron chi connectivity index (χ3n) is 2.22. The number of nitrogens with zero attached hydrogens (tertiary/aromatic N) is 1. The van der Waals surface area contributed by atoms with E-state index in [1.807, 2.05) is 13.1 Å². The maximum Gasteiger partial charge on any atom is 0.162 e. The molecule has 1 aromatic rings. The number of methoxy groups -OCH3 is 1. The fourth-order valence-electron chi connectivity index (χ4n) is 1.37. The zero-order chi connectivity index (χ0) is 13.1. The van der Waals surface area contributed by atoms with Crippen molar-refractivity contribution in [1.82, 2.24) is 10.5 Å². The van der Waals surface area contributed by atoms with Gasteiger partial charge >= 0.3 is 0 Å². The molecule has 1 N–H and O–H groups in total. The van der Waals surface area contributed by atoms with Gasteiger partial charge in [-0.2, -0.15) is 0 Å². The largest absolute Gasteiger partial charge is 0.382 e. The quantitative estimate of drug-likeness (QED) is 0.596. The van der Waals surface area contributed by atoms with Crippen molar-refractivity contribution in [1.29, 1.82) is 0 Å². The van der Waals surface area contributed by atoms with E-state index < -0.39 is 0 Å². The predicted molar refractivity (Wildman–Crippen MR) is 66.2 cm³/mol. The summed E-state index contributed by atoms with van der Waals surface area (Å²) in [6.45, 7) is 3.75. The van der Waals surface area contributed by atoms with Crippen LogP contribution >= 0.6 is 0 Å². The van der Waals surface area contributed by atoms with E-state index in [0.717, 1.165) is 17.9 Å². The van der Waals surface area contributed by atoms with Crippen LogP contribution in [0.1, 0.15) is 17.9 Å². The molecular formula is C12H22N2O4. The Bertz CT molecular complexity index is 304. The highest BCUT2D eigenvalue weighted by atomic mass is 16.5. The number of hydrogen-bond donors (Lipinski definition) is 1. The predicted octanol–water partition coefficient (Wildman–Crippen LogP) is 0.964. The number of ether oxygens (including phenoxy) is 3. The lowest BCUT2D eigenvalue weighted by Crippen LogP contribution is -2.05. The Balaban J connectivity index is 1.96. The average Bonchev–Trinajstić information content (AvgIpc) is 2.81. The van der Waals surface area contributed by atoms with E-state index in [2.05, 4.69) is 10.5 Å². The lowest BCUT2D eigenvalue weighted by molar-refractivity contribution is 0.0443. The van der Waals surface area contributed by atoms with Gasteiger partial charge in [-0.05, 0) is 13.5 Å². The summed E-state index contributed by atoms with van der Waals surface area (Å²) in [5.74, 6) is 0.751. The van der Waals surface area contributed by atoms with Crippen LogP contribution in [0.4, 0.5) is 0 Å². The maximum atomic E-state index is 5.45. The molecule has 0 spiro atoms. The summed E-state index contributed by atoms with van der Waals surface area (Å²) in [6, 6.07) is 1.89. The number of aromatic nitrogens is 1. The van der Waals surface area contributed by atoms with Crippen molar-refractivity contribution < 1.29 is 18.7 Å². The first-order valence-corrected chi connectivity index (χ1v) is 6.10. The van der Waals surface area contributed by atoms with E-state index in [1.165, 1.54) is 0 Å². The van der Waals surface area contributed by atoms with Gasteiger partial charge in [0.2, 0.25) is 0 Å². The minimum absolute atomic E-state index is 0.453. The summed E-state index contributed by atoms with van der Waals surface area (Å²) in [7, 11) is 3.53. The highest BCUT2D eigenvalue weighted by molar-refractivity contribution is 5.03. The molecule has 0 fully saturated rings. The Morgan fingerprint density at radius 1 is 1.22 bits per heavy atom. The summed E-state index contributed by atoms with van der Waals surface area (Å²) < 4.78 is 20.7. The molecule has 6 heteroatoms. The van der Waals surface area contributed by atoms with Gasteiger partial charge in [0.15, 0.2) is 5.76 Å². The van der Waals surface area contributed by atoms with Gasteiger partial charge in [0.25, 0.3) is 0 Å². The van der Waals surface area contributed by atoms with Crippen LogP contribution in [0.15, 0.2) is 10.6 Å². The van der Waals surface area contributed by atoms with E-state index in [9.17, 15) is 0 Å². The van der Waals surface area contributed by atoms with Crippen LogP contribution in [0, 0.1) is 0 Å². The Hall–Kier alpha value is -0.950. The van der Waals surface area contributed by atoms with Crippen molar-refractivity contribution in [3.05, 3.63) is 17.5 Å². The van der Waals surface area contributed by atoms with Crippen LogP contribution in [-0.4, -0.2) is 45.7 Å². The van der Waals surface area contributed by atoms with Crippen LogP contribution in [-0.2, 0) is 27.4 Å². The molecule has 1 heterocycles. The average molecular weight is 258 g/mol. The molecule has 6 nitrogen and oxygen atoms in total. The molecule has 0 unspecified atom stereocenters. The molecule has 0 aromatic carbocycles. The highest BCUT2D eigenvalue weighted by Gasteiger charge is 2.02. The lowest BCUT2D eigenvalue weighted by atomic mass is 10.4. The summed E-state index contributed by atoms with van der Waals surface area (Å²) >= 11 is 0. The van der Waals surface area contributed by atoms with E-state index >= 15 is 0 Å². The van der Waals surface area contributed by atoms with Crippen LogP contribution in [0.3, 0.4) is 0 Å². The first-order valence-electron chi connectivity index (χ1n) is 6.10. The second kappa shape index (κ2) is 10.0. The third-order valence-corrected chi connectivity index (χ3v) is 2.22. The molecule has 0 aliphatic rings. The molecule has 0 aliphatic heterocycles. The molecule has 1 aromatic heterocycles. The van der Waals surface area contributed by atoms with Crippen molar-refractivity contribution in [3.8, 4) is 0 Å². The maximum absolute atomic E-state index is 5.45.